The first kappa shape index (κ1) is 12.1. The van der Waals surface area contributed by atoms with E-state index in [0.717, 1.165) is 0 Å². The SMILES string of the molecule is Cn1cc(C#N)c(NC(=O)c2cccc(Cl)n2)n1. The van der Waals surface area contributed by atoms with Gasteiger partial charge in [-0.2, -0.15) is 10.4 Å². The summed E-state index contributed by atoms with van der Waals surface area (Å²) in [5.74, 6) is -0.264. The van der Waals surface area contributed by atoms with E-state index in [0.29, 0.717) is 0 Å². The second-order valence-electron chi connectivity index (χ2n) is 3.48. The second kappa shape index (κ2) is 4.85. The highest BCUT2D eigenvalue weighted by atomic mass is 35.5. The number of aromatic nitrogens is 3. The summed E-state index contributed by atoms with van der Waals surface area (Å²) in [6.45, 7) is 0. The van der Waals surface area contributed by atoms with E-state index in [1.165, 1.54) is 16.9 Å². The molecule has 2 aromatic heterocycles. The number of carbonyl (C=O) groups excluding carboxylic acids is 1. The lowest BCUT2D eigenvalue weighted by atomic mass is 10.3. The number of aryl methyl sites for hydroxylation is 1. The monoisotopic (exact) mass is 261 g/mol. The molecule has 6 nitrogen and oxygen atoms in total. The molecule has 0 spiro atoms. The number of rotatable bonds is 2. The summed E-state index contributed by atoms with van der Waals surface area (Å²) in [5, 5.41) is 15.6. The van der Waals surface area contributed by atoms with E-state index in [9.17, 15) is 4.79 Å². The minimum absolute atomic E-state index is 0.164. The van der Waals surface area contributed by atoms with Gasteiger partial charge in [0.25, 0.3) is 5.91 Å². The zero-order valence-corrected chi connectivity index (χ0v) is 10.1. The third kappa shape index (κ3) is 2.47. The number of hydrogen-bond donors (Lipinski definition) is 1. The number of halogens is 1. The zero-order valence-electron chi connectivity index (χ0n) is 9.38. The Morgan fingerprint density at radius 3 is 3.00 bits per heavy atom. The number of nitriles is 1. The molecule has 0 fully saturated rings. The molecule has 7 heteroatoms. The summed E-state index contributed by atoms with van der Waals surface area (Å²) < 4.78 is 1.44. The maximum Gasteiger partial charge on any atom is 0.275 e. The Morgan fingerprint density at radius 1 is 1.56 bits per heavy atom. The quantitative estimate of drug-likeness (QED) is 0.832. The Kier molecular flexibility index (Phi) is 3.26. The van der Waals surface area contributed by atoms with Gasteiger partial charge in [-0.15, -0.1) is 0 Å². The molecule has 0 saturated heterocycles. The van der Waals surface area contributed by atoms with Gasteiger partial charge in [0.05, 0.1) is 0 Å². The molecule has 0 bridgehead atoms. The summed E-state index contributed by atoms with van der Waals surface area (Å²) in [5.41, 5.74) is 0.449. The molecule has 90 valence electrons. The Labute approximate surface area is 108 Å². The van der Waals surface area contributed by atoms with Crippen LogP contribution >= 0.6 is 11.6 Å². The van der Waals surface area contributed by atoms with E-state index in [1.54, 1.807) is 19.2 Å². The number of pyridine rings is 1. The summed E-state index contributed by atoms with van der Waals surface area (Å²) >= 11 is 5.69. The van der Waals surface area contributed by atoms with Crippen LogP contribution < -0.4 is 5.32 Å². The van der Waals surface area contributed by atoms with E-state index >= 15 is 0 Å². The largest absolute Gasteiger partial charge is 0.303 e. The first-order valence-electron chi connectivity index (χ1n) is 4.98. The first-order chi connectivity index (χ1) is 8.60. The maximum atomic E-state index is 11.9. The van der Waals surface area contributed by atoms with Gasteiger partial charge >= 0.3 is 0 Å². The molecular formula is C11H8ClN5O. The van der Waals surface area contributed by atoms with Crippen LogP contribution in [0.5, 0.6) is 0 Å². The van der Waals surface area contributed by atoms with Gasteiger partial charge in [-0.1, -0.05) is 17.7 Å². The van der Waals surface area contributed by atoms with Gasteiger partial charge < -0.3 is 5.32 Å². The molecule has 0 aliphatic carbocycles. The van der Waals surface area contributed by atoms with Crippen molar-refractivity contribution in [3.05, 3.63) is 40.8 Å². The highest BCUT2D eigenvalue weighted by Crippen LogP contribution is 2.12. The van der Waals surface area contributed by atoms with Gasteiger partial charge in [-0.05, 0) is 12.1 Å². The Balaban J connectivity index is 2.24. The topological polar surface area (TPSA) is 83.6 Å². The van der Waals surface area contributed by atoms with Crippen LogP contribution in [0, 0.1) is 11.3 Å². The van der Waals surface area contributed by atoms with Crippen LogP contribution in [0.4, 0.5) is 5.82 Å². The van der Waals surface area contributed by atoms with E-state index in [4.69, 9.17) is 16.9 Å². The van der Waals surface area contributed by atoms with Crippen LogP contribution in [0.3, 0.4) is 0 Å². The number of nitrogens with zero attached hydrogens (tertiary/aromatic N) is 4. The third-order valence-electron chi connectivity index (χ3n) is 2.13. The molecule has 0 atom stereocenters. The molecule has 0 saturated carbocycles. The van der Waals surface area contributed by atoms with Crippen LogP contribution in [0.1, 0.15) is 16.1 Å². The van der Waals surface area contributed by atoms with Crippen molar-refractivity contribution in [2.24, 2.45) is 7.05 Å². The number of amides is 1. The average Bonchev–Trinajstić information content (AvgIpc) is 2.69. The Hall–Kier alpha value is -2.39. The molecule has 2 rings (SSSR count). The third-order valence-corrected chi connectivity index (χ3v) is 2.34. The van der Waals surface area contributed by atoms with Crippen LogP contribution in [-0.4, -0.2) is 20.7 Å². The van der Waals surface area contributed by atoms with Gasteiger partial charge in [0.1, 0.15) is 22.5 Å². The van der Waals surface area contributed by atoms with Crippen molar-refractivity contribution in [1.29, 1.82) is 5.26 Å². The van der Waals surface area contributed by atoms with Crippen molar-refractivity contribution in [2.45, 2.75) is 0 Å². The standard InChI is InChI=1S/C11H8ClN5O/c1-17-6-7(5-13)10(16-17)15-11(18)8-3-2-4-9(12)14-8/h2-4,6H,1H3,(H,15,16,18). The van der Waals surface area contributed by atoms with Gasteiger partial charge in [-0.3, -0.25) is 9.48 Å². The average molecular weight is 262 g/mol. The van der Waals surface area contributed by atoms with Gasteiger partial charge in [0.15, 0.2) is 5.82 Å². The van der Waals surface area contributed by atoms with Crippen molar-refractivity contribution in [3.8, 4) is 6.07 Å². The number of carbonyl (C=O) groups is 1. The normalized spacial score (nSPS) is 9.83. The zero-order chi connectivity index (χ0) is 13.1. The summed E-state index contributed by atoms with van der Waals surface area (Å²) in [4.78, 5) is 15.7. The van der Waals surface area contributed by atoms with E-state index in [-0.39, 0.29) is 22.2 Å². The Morgan fingerprint density at radius 2 is 2.33 bits per heavy atom. The van der Waals surface area contributed by atoms with Gasteiger partial charge in [0.2, 0.25) is 0 Å². The molecule has 0 aliphatic heterocycles. The van der Waals surface area contributed by atoms with Crippen molar-refractivity contribution in [2.75, 3.05) is 5.32 Å². The molecule has 2 aromatic rings. The van der Waals surface area contributed by atoms with Gasteiger partial charge in [0, 0.05) is 13.2 Å². The minimum atomic E-state index is -0.465. The molecule has 1 amide bonds. The van der Waals surface area contributed by atoms with Crippen LogP contribution in [0.25, 0.3) is 0 Å². The minimum Gasteiger partial charge on any atom is -0.303 e. The van der Waals surface area contributed by atoms with Crippen LogP contribution in [0.2, 0.25) is 5.15 Å². The molecule has 0 unspecified atom stereocenters. The molecular weight excluding hydrogens is 254 g/mol. The van der Waals surface area contributed by atoms with E-state index in [1.807, 2.05) is 6.07 Å². The van der Waals surface area contributed by atoms with Crippen molar-refractivity contribution in [1.82, 2.24) is 14.8 Å². The smallest absolute Gasteiger partial charge is 0.275 e. The predicted molar refractivity (Wildman–Crippen MR) is 65.1 cm³/mol. The van der Waals surface area contributed by atoms with Crippen LogP contribution in [-0.2, 0) is 7.05 Å². The first-order valence-corrected chi connectivity index (χ1v) is 5.35. The lowest BCUT2D eigenvalue weighted by Gasteiger charge is -2.01. The fourth-order valence-corrected chi connectivity index (χ4v) is 1.53. The number of anilines is 1. The second-order valence-corrected chi connectivity index (χ2v) is 3.86. The molecule has 0 radical (unpaired) electrons. The highest BCUT2D eigenvalue weighted by molar-refractivity contribution is 6.29. The Bertz CT molecular complexity index is 643. The highest BCUT2D eigenvalue weighted by Gasteiger charge is 2.13. The van der Waals surface area contributed by atoms with Crippen LogP contribution in [0.15, 0.2) is 24.4 Å². The lowest BCUT2D eigenvalue weighted by Crippen LogP contribution is -2.14. The van der Waals surface area contributed by atoms with E-state index in [2.05, 4.69) is 15.4 Å². The molecule has 2 heterocycles. The number of hydrogen-bond acceptors (Lipinski definition) is 4. The summed E-state index contributed by atoms with van der Waals surface area (Å²) in [6.07, 6.45) is 1.51. The lowest BCUT2D eigenvalue weighted by molar-refractivity contribution is 0.102. The fraction of sp³-hybridized carbons (Fsp3) is 0.0909. The van der Waals surface area contributed by atoms with E-state index < -0.39 is 5.91 Å². The van der Waals surface area contributed by atoms with Crippen molar-refractivity contribution >= 4 is 23.3 Å². The molecule has 18 heavy (non-hydrogen) atoms. The molecule has 1 N–H and O–H groups in total. The molecule has 0 aromatic carbocycles. The molecule has 0 aliphatic rings. The summed E-state index contributed by atoms with van der Waals surface area (Å²) in [7, 11) is 1.66. The van der Waals surface area contributed by atoms with Gasteiger partial charge in [-0.25, -0.2) is 4.98 Å². The number of nitrogens with one attached hydrogen (secondary N) is 1. The summed E-state index contributed by atoms with van der Waals surface area (Å²) in [6, 6.07) is 6.65. The van der Waals surface area contributed by atoms with Crippen molar-refractivity contribution in [3.63, 3.8) is 0 Å². The predicted octanol–water partition coefficient (Wildman–Crippen LogP) is 1.59. The fourth-order valence-electron chi connectivity index (χ4n) is 1.37. The van der Waals surface area contributed by atoms with Crippen molar-refractivity contribution < 1.29 is 4.79 Å². The maximum absolute atomic E-state index is 11.9.